The third kappa shape index (κ3) is 3.34. The van der Waals surface area contributed by atoms with Gasteiger partial charge >= 0.3 is 5.97 Å². The average Bonchev–Trinajstić information content (AvgIpc) is 2.63. The van der Waals surface area contributed by atoms with E-state index in [2.05, 4.69) is 4.90 Å². The van der Waals surface area contributed by atoms with E-state index >= 15 is 0 Å². The number of nitrogens with two attached hydrogens (primary N) is 1. The van der Waals surface area contributed by atoms with Gasteiger partial charge in [0.2, 0.25) is 10.0 Å². The van der Waals surface area contributed by atoms with Crippen LogP contribution in [0.5, 0.6) is 0 Å². The van der Waals surface area contributed by atoms with Crippen molar-refractivity contribution in [1.82, 2.24) is 9.21 Å². The average molecular weight is 313 g/mol. The summed E-state index contributed by atoms with van der Waals surface area (Å²) in [7, 11) is -1.90. The number of rotatable bonds is 3. The van der Waals surface area contributed by atoms with E-state index in [0.29, 0.717) is 26.1 Å². The quantitative estimate of drug-likeness (QED) is 0.778. The standard InChI is InChI=1S/C13H19N3O4S/c1-15-5-2-6-16(8-7-15)21(19,20)12-4-3-10(14)9-11(12)13(17)18/h3-4,9H,2,5-8,14H2,1H3,(H,17,18). The van der Waals surface area contributed by atoms with Crippen LogP contribution in [-0.4, -0.2) is 61.9 Å². The fourth-order valence-corrected chi connectivity index (χ4v) is 3.98. The lowest BCUT2D eigenvalue weighted by atomic mass is 10.2. The summed E-state index contributed by atoms with van der Waals surface area (Å²) < 4.78 is 26.7. The summed E-state index contributed by atoms with van der Waals surface area (Å²) in [5.74, 6) is -1.30. The second-order valence-electron chi connectivity index (χ2n) is 5.12. The zero-order chi connectivity index (χ0) is 15.6. The molecule has 0 unspecified atom stereocenters. The molecule has 8 heteroatoms. The van der Waals surface area contributed by atoms with Gasteiger partial charge in [-0.05, 0) is 38.2 Å². The predicted octanol–water partition coefficient (Wildman–Crippen LogP) is 0.293. The number of carboxylic acids is 1. The number of likely N-dealkylation sites (N-methyl/N-ethyl adjacent to an activating group) is 1. The fourth-order valence-electron chi connectivity index (χ4n) is 2.34. The van der Waals surface area contributed by atoms with Gasteiger partial charge in [0, 0.05) is 25.3 Å². The summed E-state index contributed by atoms with van der Waals surface area (Å²) in [4.78, 5) is 13.1. The van der Waals surface area contributed by atoms with E-state index in [0.717, 1.165) is 6.54 Å². The lowest BCUT2D eigenvalue weighted by Crippen LogP contribution is -2.35. The van der Waals surface area contributed by atoms with Crippen molar-refractivity contribution in [3.8, 4) is 0 Å². The van der Waals surface area contributed by atoms with E-state index < -0.39 is 16.0 Å². The minimum Gasteiger partial charge on any atom is -0.478 e. The van der Waals surface area contributed by atoms with Gasteiger partial charge in [0.1, 0.15) is 0 Å². The first kappa shape index (κ1) is 15.7. The number of benzene rings is 1. The molecule has 1 aliphatic rings. The maximum atomic E-state index is 12.7. The second kappa shape index (κ2) is 6.00. The van der Waals surface area contributed by atoms with Crippen LogP contribution in [0.3, 0.4) is 0 Å². The number of hydrogen-bond donors (Lipinski definition) is 2. The molecule has 21 heavy (non-hydrogen) atoms. The Balaban J connectivity index is 2.42. The van der Waals surface area contributed by atoms with Crippen LogP contribution >= 0.6 is 0 Å². The molecule has 116 valence electrons. The van der Waals surface area contributed by atoms with Gasteiger partial charge in [0.15, 0.2) is 0 Å². The second-order valence-corrected chi connectivity index (χ2v) is 7.03. The van der Waals surface area contributed by atoms with Gasteiger partial charge in [0.25, 0.3) is 0 Å². The predicted molar refractivity (Wildman–Crippen MR) is 78.7 cm³/mol. The molecular weight excluding hydrogens is 294 g/mol. The highest BCUT2D eigenvalue weighted by molar-refractivity contribution is 7.89. The summed E-state index contributed by atoms with van der Waals surface area (Å²) in [6.45, 7) is 2.18. The van der Waals surface area contributed by atoms with Crippen molar-refractivity contribution in [3.05, 3.63) is 23.8 Å². The zero-order valence-electron chi connectivity index (χ0n) is 11.8. The van der Waals surface area contributed by atoms with Crippen molar-refractivity contribution in [1.29, 1.82) is 0 Å². The molecular formula is C13H19N3O4S. The smallest absolute Gasteiger partial charge is 0.337 e. The molecule has 2 rings (SSSR count). The van der Waals surface area contributed by atoms with E-state index in [1.807, 2.05) is 7.05 Å². The first-order chi connectivity index (χ1) is 9.82. The number of anilines is 1. The van der Waals surface area contributed by atoms with Crippen LogP contribution in [0, 0.1) is 0 Å². The Kier molecular flexibility index (Phi) is 4.50. The van der Waals surface area contributed by atoms with Crippen molar-refractivity contribution >= 4 is 21.7 Å². The molecule has 0 radical (unpaired) electrons. The van der Waals surface area contributed by atoms with Crippen LogP contribution < -0.4 is 5.73 Å². The van der Waals surface area contributed by atoms with Crippen LogP contribution in [0.15, 0.2) is 23.1 Å². The molecule has 0 amide bonds. The fraction of sp³-hybridized carbons (Fsp3) is 0.462. The summed E-state index contributed by atoms with van der Waals surface area (Å²) in [5.41, 5.74) is 5.49. The Hall–Kier alpha value is -1.64. The minimum absolute atomic E-state index is 0.200. The van der Waals surface area contributed by atoms with E-state index in [9.17, 15) is 18.3 Å². The molecule has 1 aliphatic heterocycles. The Morgan fingerprint density at radius 3 is 2.62 bits per heavy atom. The van der Waals surface area contributed by atoms with Crippen LogP contribution in [0.25, 0.3) is 0 Å². The monoisotopic (exact) mass is 313 g/mol. The number of hydrogen-bond acceptors (Lipinski definition) is 5. The number of sulfonamides is 1. The van der Waals surface area contributed by atoms with Crippen molar-refractivity contribution < 1.29 is 18.3 Å². The molecule has 0 aliphatic carbocycles. The van der Waals surface area contributed by atoms with E-state index in [1.165, 1.54) is 22.5 Å². The molecule has 1 aromatic rings. The van der Waals surface area contributed by atoms with Crippen LogP contribution in [0.2, 0.25) is 0 Å². The molecule has 1 saturated heterocycles. The topological polar surface area (TPSA) is 104 Å². The number of nitrogens with zero attached hydrogens (tertiary/aromatic N) is 2. The summed E-state index contributed by atoms with van der Waals surface area (Å²) in [6, 6.07) is 3.85. The number of nitrogen functional groups attached to an aromatic ring is 1. The third-order valence-corrected chi connectivity index (χ3v) is 5.49. The Morgan fingerprint density at radius 2 is 1.95 bits per heavy atom. The van der Waals surface area contributed by atoms with E-state index in [4.69, 9.17) is 5.73 Å². The molecule has 0 saturated carbocycles. The Morgan fingerprint density at radius 1 is 1.24 bits per heavy atom. The van der Waals surface area contributed by atoms with E-state index in [-0.39, 0.29) is 16.1 Å². The SMILES string of the molecule is CN1CCCN(S(=O)(=O)c2ccc(N)cc2C(=O)O)CC1. The molecule has 7 nitrogen and oxygen atoms in total. The third-order valence-electron chi connectivity index (χ3n) is 3.53. The summed E-state index contributed by atoms with van der Waals surface area (Å²) in [5, 5.41) is 9.20. The lowest BCUT2D eigenvalue weighted by Gasteiger charge is -2.21. The van der Waals surface area contributed by atoms with Gasteiger partial charge in [0.05, 0.1) is 10.5 Å². The van der Waals surface area contributed by atoms with Crippen molar-refractivity contribution in [3.63, 3.8) is 0 Å². The van der Waals surface area contributed by atoms with Gasteiger partial charge in [-0.25, -0.2) is 13.2 Å². The van der Waals surface area contributed by atoms with Crippen molar-refractivity contribution in [2.75, 3.05) is 39.0 Å². The highest BCUT2D eigenvalue weighted by Gasteiger charge is 2.30. The number of carbonyl (C=O) groups is 1. The maximum absolute atomic E-state index is 12.7. The molecule has 1 heterocycles. The van der Waals surface area contributed by atoms with Gasteiger partial charge in [-0.2, -0.15) is 4.31 Å². The first-order valence-corrected chi connectivity index (χ1v) is 8.08. The lowest BCUT2D eigenvalue weighted by molar-refractivity contribution is 0.0692. The number of carboxylic acid groups (broad SMARTS) is 1. The maximum Gasteiger partial charge on any atom is 0.337 e. The number of aromatic carboxylic acids is 1. The molecule has 1 fully saturated rings. The summed E-state index contributed by atoms with van der Waals surface area (Å²) in [6.07, 6.45) is 0.715. The van der Waals surface area contributed by atoms with Crippen LogP contribution in [0.4, 0.5) is 5.69 Å². The van der Waals surface area contributed by atoms with E-state index in [1.54, 1.807) is 0 Å². The van der Waals surface area contributed by atoms with Crippen LogP contribution in [-0.2, 0) is 10.0 Å². The normalized spacial score (nSPS) is 18.3. The highest BCUT2D eigenvalue weighted by Crippen LogP contribution is 2.23. The molecule has 0 aromatic heterocycles. The zero-order valence-corrected chi connectivity index (χ0v) is 12.6. The molecule has 0 atom stereocenters. The van der Waals surface area contributed by atoms with Crippen molar-refractivity contribution in [2.24, 2.45) is 0 Å². The van der Waals surface area contributed by atoms with Crippen molar-refractivity contribution in [2.45, 2.75) is 11.3 Å². The minimum atomic E-state index is -3.83. The Labute approximate surface area is 124 Å². The first-order valence-electron chi connectivity index (χ1n) is 6.64. The summed E-state index contributed by atoms with van der Waals surface area (Å²) >= 11 is 0. The van der Waals surface area contributed by atoms with Gasteiger partial charge in [-0.3, -0.25) is 0 Å². The molecule has 1 aromatic carbocycles. The molecule has 0 bridgehead atoms. The molecule has 3 N–H and O–H groups in total. The van der Waals surface area contributed by atoms with Crippen LogP contribution in [0.1, 0.15) is 16.8 Å². The highest BCUT2D eigenvalue weighted by atomic mass is 32.2. The van der Waals surface area contributed by atoms with Gasteiger partial charge < -0.3 is 15.7 Å². The Bertz CT molecular complexity index is 645. The van der Waals surface area contributed by atoms with Gasteiger partial charge in [-0.15, -0.1) is 0 Å². The van der Waals surface area contributed by atoms with Gasteiger partial charge in [-0.1, -0.05) is 0 Å². The largest absolute Gasteiger partial charge is 0.478 e. The molecule has 0 spiro atoms.